The molecule has 5 nitrogen and oxygen atoms in total. The van der Waals surface area contributed by atoms with Crippen molar-refractivity contribution in [3.05, 3.63) is 20.8 Å². The molecule has 0 aromatic carbocycles. The van der Waals surface area contributed by atoms with Crippen molar-refractivity contribution < 1.29 is 14.7 Å². The third-order valence-corrected chi connectivity index (χ3v) is 5.39. The summed E-state index contributed by atoms with van der Waals surface area (Å²) < 4.78 is 1.02. The lowest BCUT2D eigenvalue weighted by atomic mass is 9.86. The Hall–Kier alpha value is -1.08. The van der Waals surface area contributed by atoms with E-state index in [4.69, 9.17) is 5.11 Å². The number of aliphatic carboxylic acids is 1. The van der Waals surface area contributed by atoms with Gasteiger partial charge < -0.3 is 15.3 Å². The van der Waals surface area contributed by atoms with Crippen LogP contribution < -0.4 is 5.32 Å². The van der Waals surface area contributed by atoms with Gasteiger partial charge in [0.25, 0.3) is 0 Å². The Morgan fingerprint density at radius 3 is 2.90 bits per heavy atom. The molecule has 0 spiro atoms. The number of carbonyl (C=O) groups is 2. The average molecular weight is 375 g/mol. The minimum atomic E-state index is -0.759. The summed E-state index contributed by atoms with van der Waals surface area (Å²) in [5.41, 5.74) is 0. The molecule has 1 aromatic rings. The van der Waals surface area contributed by atoms with Crippen molar-refractivity contribution >= 4 is 39.3 Å². The standard InChI is InChI=1S/C14H19BrN2O3S/c1-17(7-12-6-10(15)8-21-12)14(20)16-11-4-2-3-9(5-11)13(18)19/h6,8-9,11H,2-5,7H2,1H3,(H,16,20)(H,18,19). The van der Waals surface area contributed by atoms with Crippen molar-refractivity contribution in [1.29, 1.82) is 0 Å². The highest BCUT2D eigenvalue weighted by molar-refractivity contribution is 9.10. The van der Waals surface area contributed by atoms with E-state index in [0.717, 1.165) is 22.2 Å². The van der Waals surface area contributed by atoms with Gasteiger partial charge in [-0.1, -0.05) is 6.42 Å². The van der Waals surface area contributed by atoms with Gasteiger partial charge in [-0.25, -0.2) is 4.79 Å². The fourth-order valence-corrected chi connectivity index (χ4v) is 4.08. The second-order valence-corrected chi connectivity index (χ2v) is 7.35. The number of hydrogen-bond donors (Lipinski definition) is 2. The molecule has 0 bridgehead atoms. The maximum absolute atomic E-state index is 12.2. The van der Waals surface area contributed by atoms with Crippen LogP contribution >= 0.6 is 27.3 Å². The molecule has 2 N–H and O–H groups in total. The van der Waals surface area contributed by atoms with Crippen LogP contribution in [0, 0.1) is 5.92 Å². The molecule has 116 valence electrons. The van der Waals surface area contributed by atoms with E-state index in [0.29, 0.717) is 19.4 Å². The van der Waals surface area contributed by atoms with Crippen molar-refractivity contribution in [2.45, 2.75) is 38.3 Å². The topological polar surface area (TPSA) is 69.6 Å². The Labute approximate surface area is 136 Å². The lowest BCUT2D eigenvalue weighted by Crippen LogP contribution is -2.45. The molecule has 1 heterocycles. The number of carboxylic acids is 1. The van der Waals surface area contributed by atoms with Gasteiger partial charge in [0, 0.05) is 27.8 Å². The number of urea groups is 1. The van der Waals surface area contributed by atoms with Gasteiger partial charge in [-0.15, -0.1) is 11.3 Å². The van der Waals surface area contributed by atoms with E-state index in [1.54, 1.807) is 23.3 Å². The second kappa shape index (κ2) is 7.26. The van der Waals surface area contributed by atoms with Crippen molar-refractivity contribution in [3.8, 4) is 0 Å². The molecule has 2 unspecified atom stereocenters. The lowest BCUT2D eigenvalue weighted by Gasteiger charge is -2.29. The Kier molecular flexibility index (Phi) is 5.64. The minimum Gasteiger partial charge on any atom is -0.481 e. The van der Waals surface area contributed by atoms with Gasteiger partial charge >= 0.3 is 12.0 Å². The van der Waals surface area contributed by atoms with Gasteiger partial charge in [-0.2, -0.15) is 0 Å². The number of amides is 2. The zero-order valence-electron chi connectivity index (χ0n) is 11.8. The Bertz CT molecular complexity index is 520. The molecule has 7 heteroatoms. The maximum Gasteiger partial charge on any atom is 0.317 e. The van der Waals surface area contributed by atoms with Gasteiger partial charge in [0.15, 0.2) is 0 Å². The lowest BCUT2D eigenvalue weighted by molar-refractivity contribution is -0.143. The predicted molar refractivity (Wildman–Crippen MR) is 85.4 cm³/mol. The molecule has 21 heavy (non-hydrogen) atoms. The number of carbonyl (C=O) groups excluding carboxylic acids is 1. The fraction of sp³-hybridized carbons (Fsp3) is 0.571. The monoisotopic (exact) mass is 374 g/mol. The van der Waals surface area contributed by atoms with Crippen LogP contribution in [0.15, 0.2) is 15.9 Å². The summed E-state index contributed by atoms with van der Waals surface area (Å²) in [4.78, 5) is 25.9. The summed E-state index contributed by atoms with van der Waals surface area (Å²) in [6.45, 7) is 0.553. The molecule has 1 aliphatic carbocycles. The summed E-state index contributed by atoms with van der Waals surface area (Å²) in [5, 5.41) is 14.0. The summed E-state index contributed by atoms with van der Waals surface area (Å²) in [5.74, 6) is -1.09. The van der Waals surface area contributed by atoms with Gasteiger partial charge in [0.05, 0.1) is 12.5 Å². The molecular formula is C14H19BrN2O3S. The summed E-state index contributed by atoms with van der Waals surface area (Å²) in [7, 11) is 1.75. The second-order valence-electron chi connectivity index (χ2n) is 5.44. The Morgan fingerprint density at radius 2 is 2.29 bits per heavy atom. The number of nitrogens with one attached hydrogen (secondary N) is 1. The van der Waals surface area contributed by atoms with Crippen LogP contribution in [0.4, 0.5) is 4.79 Å². The summed E-state index contributed by atoms with van der Waals surface area (Å²) in [6, 6.07) is 1.82. The van der Waals surface area contributed by atoms with E-state index in [1.165, 1.54) is 0 Å². The van der Waals surface area contributed by atoms with Crippen molar-refractivity contribution in [2.75, 3.05) is 7.05 Å². The molecule has 1 saturated carbocycles. The number of carboxylic acid groups (broad SMARTS) is 1. The van der Waals surface area contributed by atoms with E-state index in [2.05, 4.69) is 21.2 Å². The van der Waals surface area contributed by atoms with Gasteiger partial charge in [-0.05, 0) is 41.3 Å². The highest BCUT2D eigenvalue weighted by Crippen LogP contribution is 2.25. The number of rotatable bonds is 4. The summed E-state index contributed by atoms with van der Waals surface area (Å²) in [6.07, 6.45) is 2.94. The summed E-state index contributed by atoms with van der Waals surface area (Å²) >= 11 is 4.99. The Morgan fingerprint density at radius 1 is 1.52 bits per heavy atom. The zero-order chi connectivity index (χ0) is 15.4. The molecule has 0 radical (unpaired) electrons. The van der Waals surface area contributed by atoms with Crippen LogP contribution in [0.25, 0.3) is 0 Å². The first-order valence-corrected chi connectivity index (χ1v) is 8.60. The molecule has 1 aromatic heterocycles. The first-order chi connectivity index (χ1) is 9.95. The van der Waals surface area contributed by atoms with Crippen molar-refractivity contribution in [1.82, 2.24) is 10.2 Å². The molecule has 0 saturated heterocycles. The van der Waals surface area contributed by atoms with Gasteiger partial charge in [0.2, 0.25) is 0 Å². The molecule has 1 fully saturated rings. The van der Waals surface area contributed by atoms with Crippen molar-refractivity contribution in [2.24, 2.45) is 5.92 Å². The van der Waals surface area contributed by atoms with Crippen LogP contribution in [-0.2, 0) is 11.3 Å². The highest BCUT2D eigenvalue weighted by atomic mass is 79.9. The molecular weight excluding hydrogens is 356 g/mol. The smallest absolute Gasteiger partial charge is 0.317 e. The molecule has 2 atom stereocenters. The van der Waals surface area contributed by atoms with Crippen LogP contribution in [0.5, 0.6) is 0 Å². The normalized spacial score (nSPS) is 21.8. The van der Waals surface area contributed by atoms with E-state index >= 15 is 0 Å². The molecule has 0 aliphatic heterocycles. The third kappa shape index (κ3) is 4.71. The average Bonchev–Trinajstić information content (AvgIpc) is 2.84. The number of thiophene rings is 1. The number of halogens is 1. The number of hydrogen-bond acceptors (Lipinski definition) is 3. The van der Waals surface area contributed by atoms with E-state index in [1.807, 2.05) is 11.4 Å². The quantitative estimate of drug-likeness (QED) is 0.849. The molecule has 2 rings (SSSR count). The minimum absolute atomic E-state index is 0.0372. The maximum atomic E-state index is 12.2. The van der Waals surface area contributed by atoms with Gasteiger partial charge in [-0.3, -0.25) is 4.79 Å². The molecule has 2 amide bonds. The van der Waals surface area contributed by atoms with E-state index in [-0.39, 0.29) is 18.0 Å². The predicted octanol–water partition coefficient (Wildman–Crippen LogP) is 3.30. The van der Waals surface area contributed by atoms with E-state index < -0.39 is 5.97 Å². The third-order valence-electron chi connectivity index (χ3n) is 3.71. The first-order valence-electron chi connectivity index (χ1n) is 6.93. The van der Waals surface area contributed by atoms with Crippen LogP contribution in [0.1, 0.15) is 30.6 Å². The zero-order valence-corrected chi connectivity index (χ0v) is 14.2. The largest absolute Gasteiger partial charge is 0.481 e. The number of nitrogens with zero attached hydrogens (tertiary/aromatic N) is 1. The highest BCUT2D eigenvalue weighted by Gasteiger charge is 2.28. The van der Waals surface area contributed by atoms with E-state index in [9.17, 15) is 9.59 Å². The molecule has 1 aliphatic rings. The van der Waals surface area contributed by atoms with Crippen LogP contribution in [-0.4, -0.2) is 35.1 Å². The fourth-order valence-electron chi connectivity index (χ4n) is 2.57. The SMILES string of the molecule is CN(Cc1cc(Br)cs1)C(=O)NC1CCCC(C(=O)O)C1. The van der Waals surface area contributed by atoms with Crippen LogP contribution in [0.2, 0.25) is 0 Å². The van der Waals surface area contributed by atoms with Gasteiger partial charge in [0.1, 0.15) is 0 Å². The van der Waals surface area contributed by atoms with Crippen LogP contribution in [0.3, 0.4) is 0 Å². The Balaban J connectivity index is 1.84. The first kappa shape index (κ1) is 16.3. The van der Waals surface area contributed by atoms with Crippen molar-refractivity contribution in [3.63, 3.8) is 0 Å².